The lowest BCUT2D eigenvalue weighted by Gasteiger charge is -2.39. The maximum absolute atomic E-state index is 13.7. The summed E-state index contributed by atoms with van der Waals surface area (Å²) in [6, 6.07) is 18.6. The number of oxime groups is 1. The fraction of sp³-hybridized carbons (Fsp3) is 0.267. The van der Waals surface area contributed by atoms with Crippen LogP contribution in [0, 0.1) is 0 Å². The second-order valence-corrected chi connectivity index (χ2v) is 10.7. The van der Waals surface area contributed by atoms with Gasteiger partial charge in [-0.2, -0.15) is 0 Å². The van der Waals surface area contributed by atoms with Crippen molar-refractivity contribution < 1.29 is 24.0 Å². The monoisotopic (exact) mass is 543 g/mol. The molecule has 39 heavy (non-hydrogen) atoms. The van der Waals surface area contributed by atoms with Gasteiger partial charge >= 0.3 is 5.97 Å². The number of nitrogens with zero attached hydrogens (tertiary/aromatic N) is 3. The summed E-state index contributed by atoms with van der Waals surface area (Å²) in [5, 5.41) is 6.46. The van der Waals surface area contributed by atoms with Crippen molar-refractivity contribution >= 4 is 45.5 Å². The Morgan fingerprint density at radius 1 is 0.974 bits per heavy atom. The molecule has 1 aliphatic heterocycles. The van der Waals surface area contributed by atoms with Gasteiger partial charge < -0.3 is 14.1 Å². The van der Waals surface area contributed by atoms with Gasteiger partial charge in [-0.3, -0.25) is 14.5 Å². The first-order chi connectivity index (χ1) is 18.8. The average molecular weight is 544 g/mol. The average Bonchev–Trinajstić information content (AvgIpc) is 3.62. The summed E-state index contributed by atoms with van der Waals surface area (Å²) in [7, 11) is 0. The molecule has 0 bridgehead atoms. The van der Waals surface area contributed by atoms with Gasteiger partial charge in [-0.15, -0.1) is 11.3 Å². The predicted octanol–water partition coefficient (Wildman–Crippen LogP) is 5.14. The van der Waals surface area contributed by atoms with Gasteiger partial charge in [0.05, 0.1) is 34.7 Å². The lowest BCUT2D eigenvalue weighted by molar-refractivity contribution is -0.140. The summed E-state index contributed by atoms with van der Waals surface area (Å²) >= 11 is 1.34. The van der Waals surface area contributed by atoms with Crippen LogP contribution in [-0.2, 0) is 14.4 Å². The van der Waals surface area contributed by atoms with Crippen LogP contribution in [0.3, 0.4) is 0 Å². The predicted molar refractivity (Wildman–Crippen MR) is 151 cm³/mol. The van der Waals surface area contributed by atoms with E-state index in [0.29, 0.717) is 29.2 Å². The summed E-state index contributed by atoms with van der Waals surface area (Å²) in [5.41, 5.74) is 2.10. The third kappa shape index (κ3) is 5.34. The van der Waals surface area contributed by atoms with Gasteiger partial charge in [0.25, 0.3) is 0 Å². The highest BCUT2D eigenvalue weighted by Gasteiger charge is 2.36. The maximum Gasteiger partial charge on any atom is 0.332 e. The Morgan fingerprint density at radius 3 is 2.36 bits per heavy atom. The van der Waals surface area contributed by atoms with Crippen molar-refractivity contribution in [2.45, 2.75) is 26.3 Å². The molecule has 0 N–H and O–H groups in total. The Kier molecular flexibility index (Phi) is 7.56. The van der Waals surface area contributed by atoms with Crippen LogP contribution in [0.15, 0.2) is 77.4 Å². The number of fused-ring (bicyclic) bond motifs is 1. The minimum absolute atomic E-state index is 0.0476. The molecule has 0 unspecified atom stereocenters. The summed E-state index contributed by atoms with van der Waals surface area (Å²) < 4.78 is 7.37. The minimum atomic E-state index is -0.648. The first kappa shape index (κ1) is 26.7. The van der Waals surface area contributed by atoms with E-state index >= 15 is 0 Å². The molecule has 9 heteroatoms. The van der Waals surface area contributed by atoms with Crippen molar-refractivity contribution in [1.82, 2.24) is 9.47 Å². The number of aromatic nitrogens is 1. The van der Waals surface area contributed by atoms with Crippen LogP contribution < -0.4 is 0 Å². The second-order valence-electron chi connectivity index (χ2n) is 9.79. The van der Waals surface area contributed by atoms with E-state index in [9.17, 15) is 14.4 Å². The molecule has 200 valence electrons. The second kappa shape index (κ2) is 11.1. The van der Waals surface area contributed by atoms with E-state index < -0.39 is 11.5 Å². The standard InChI is InChI=1S/C30H29N3O5S/c1-20(34)38-31-27(26-9-6-18-39-26)28(35)24-19-33(25-8-5-4-7-23(24)25)22-12-10-21(11-13-22)29(36)30(2,3)32-14-16-37-17-15-32/h4-13,18-19H,14-17H2,1-3H3/b31-27+. The molecule has 1 saturated heterocycles. The van der Waals surface area contributed by atoms with Gasteiger partial charge in [0.1, 0.15) is 0 Å². The van der Waals surface area contributed by atoms with Crippen molar-refractivity contribution in [2.24, 2.45) is 5.16 Å². The molecule has 0 radical (unpaired) electrons. The van der Waals surface area contributed by atoms with Gasteiger partial charge in [0.2, 0.25) is 5.78 Å². The van der Waals surface area contributed by atoms with Crippen LogP contribution >= 0.6 is 11.3 Å². The number of thiophene rings is 1. The Bertz CT molecular complexity index is 1550. The zero-order chi connectivity index (χ0) is 27.6. The Labute approximate surface area is 230 Å². The molecule has 1 aliphatic rings. The molecule has 0 spiro atoms. The molecule has 5 rings (SSSR count). The van der Waals surface area contributed by atoms with Gasteiger partial charge in [-0.1, -0.05) is 29.4 Å². The van der Waals surface area contributed by atoms with E-state index in [1.807, 2.05) is 78.4 Å². The number of morpholine rings is 1. The number of rotatable bonds is 8. The first-order valence-electron chi connectivity index (χ1n) is 12.7. The van der Waals surface area contributed by atoms with Crippen molar-refractivity contribution in [1.29, 1.82) is 0 Å². The summed E-state index contributed by atoms with van der Waals surface area (Å²) in [5.74, 6) is -0.912. The van der Waals surface area contributed by atoms with Crippen molar-refractivity contribution in [2.75, 3.05) is 26.3 Å². The van der Waals surface area contributed by atoms with Gasteiger partial charge in [0.15, 0.2) is 11.5 Å². The zero-order valence-electron chi connectivity index (χ0n) is 22.0. The minimum Gasteiger partial charge on any atom is -0.379 e. The smallest absolute Gasteiger partial charge is 0.332 e. The van der Waals surface area contributed by atoms with Crippen LogP contribution in [0.1, 0.15) is 46.4 Å². The Balaban J connectivity index is 1.49. The molecule has 3 heterocycles. The number of hydrogen-bond acceptors (Lipinski definition) is 8. The van der Waals surface area contributed by atoms with E-state index in [4.69, 9.17) is 9.57 Å². The zero-order valence-corrected chi connectivity index (χ0v) is 22.9. The maximum atomic E-state index is 13.7. The highest BCUT2D eigenvalue weighted by atomic mass is 32.1. The molecule has 1 fully saturated rings. The molecule has 2 aromatic heterocycles. The van der Waals surface area contributed by atoms with Crippen molar-refractivity contribution in [3.63, 3.8) is 0 Å². The summed E-state index contributed by atoms with van der Waals surface area (Å²) in [6.45, 7) is 7.83. The number of para-hydroxylation sites is 1. The molecule has 0 amide bonds. The van der Waals surface area contributed by atoms with Crippen LogP contribution in [0.2, 0.25) is 0 Å². The van der Waals surface area contributed by atoms with Gasteiger partial charge in [0, 0.05) is 42.8 Å². The lowest BCUT2D eigenvalue weighted by Crippen LogP contribution is -2.54. The molecule has 8 nitrogen and oxygen atoms in total. The number of hydrogen-bond donors (Lipinski definition) is 0. The number of carbonyl (C=O) groups is 3. The number of ether oxygens (including phenoxy) is 1. The Morgan fingerprint density at radius 2 is 1.69 bits per heavy atom. The Hall–Kier alpha value is -3.92. The summed E-state index contributed by atoms with van der Waals surface area (Å²) in [4.78, 5) is 46.2. The third-order valence-corrected chi connectivity index (χ3v) is 7.83. The number of carbonyl (C=O) groups excluding carboxylic acids is 3. The summed E-state index contributed by atoms with van der Waals surface area (Å²) in [6.07, 6.45) is 1.76. The fourth-order valence-electron chi connectivity index (χ4n) is 4.82. The number of Topliss-reactive ketones (excluding diaryl/α,β-unsaturated/α-hetero) is 2. The van der Waals surface area contributed by atoms with E-state index in [0.717, 1.165) is 29.7 Å². The quantitative estimate of drug-likeness (QED) is 0.132. The normalized spacial score (nSPS) is 14.9. The van der Waals surface area contributed by atoms with E-state index in [2.05, 4.69) is 10.1 Å². The molecule has 0 atom stereocenters. The molecule has 0 aliphatic carbocycles. The largest absolute Gasteiger partial charge is 0.379 e. The van der Waals surface area contributed by atoms with Gasteiger partial charge in [-0.25, -0.2) is 4.79 Å². The van der Waals surface area contributed by atoms with Crippen molar-refractivity contribution in [3.05, 3.63) is 88.2 Å². The fourth-order valence-corrected chi connectivity index (χ4v) is 5.52. The molecule has 0 saturated carbocycles. The van der Waals surface area contributed by atoms with Crippen LogP contribution in [0.4, 0.5) is 0 Å². The van der Waals surface area contributed by atoms with E-state index in [1.54, 1.807) is 12.3 Å². The van der Waals surface area contributed by atoms with Gasteiger partial charge in [-0.05, 0) is 55.6 Å². The number of ketones is 2. The molecular weight excluding hydrogens is 514 g/mol. The van der Waals surface area contributed by atoms with E-state index in [-0.39, 0.29) is 17.3 Å². The SMILES string of the molecule is CC(=O)O/N=C(/C(=O)c1cn(-c2ccc(C(=O)C(C)(C)N3CCOCC3)cc2)c2ccccc12)c1cccs1. The molecule has 2 aromatic carbocycles. The van der Waals surface area contributed by atoms with Crippen LogP contribution in [-0.4, -0.2) is 64.6 Å². The van der Waals surface area contributed by atoms with Crippen LogP contribution in [0.5, 0.6) is 0 Å². The van der Waals surface area contributed by atoms with Crippen LogP contribution in [0.25, 0.3) is 16.6 Å². The third-order valence-electron chi connectivity index (χ3n) is 6.96. The van der Waals surface area contributed by atoms with Crippen molar-refractivity contribution in [3.8, 4) is 5.69 Å². The lowest BCUT2D eigenvalue weighted by atomic mass is 9.91. The van der Waals surface area contributed by atoms with E-state index in [1.165, 1.54) is 18.3 Å². The number of benzene rings is 2. The molecular formula is C30H29N3O5S. The highest BCUT2D eigenvalue weighted by Crippen LogP contribution is 2.28. The highest BCUT2D eigenvalue weighted by molar-refractivity contribution is 7.13. The first-order valence-corrected chi connectivity index (χ1v) is 13.6. The molecule has 4 aromatic rings. The topological polar surface area (TPSA) is 90.2 Å².